The number of carbonyl (C=O) groups is 1. The molecule has 0 saturated heterocycles. The van der Waals surface area contributed by atoms with Crippen LogP contribution in [0, 0.1) is 12.7 Å². The molecule has 2 aromatic carbocycles. The first kappa shape index (κ1) is 18.9. The van der Waals surface area contributed by atoms with Crippen LogP contribution in [0.15, 0.2) is 47.4 Å². The molecule has 0 unspecified atom stereocenters. The van der Waals surface area contributed by atoms with Crippen molar-refractivity contribution in [2.75, 3.05) is 25.0 Å². The van der Waals surface area contributed by atoms with Gasteiger partial charge in [-0.25, -0.2) is 12.8 Å². The van der Waals surface area contributed by atoms with Crippen molar-refractivity contribution in [1.82, 2.24) is 5.32 Å². The fourth-order valence-corrected chi connectivity index (χ4v) is 3.22. The van der Waals surface area contributed by atoms with Crippen molar-refractivity contribution < 1.29 is 22.3 Å². The van der Waals surface area contributed by atoms with E-state index in [-0.39, 0.29) is 16.1 Å². The van der Waals surface area contributed by atoms with Gasteiger partial charge in [-0.3, -0.25) is 9.52 Å². The molecule has 0 saturated carbocycles. The van der Waals surface area contributed by atoms with E-state index >= 15 is 0 Å². The molecule has 2 aromatic rings. The molecule has 8 heteroatoms. The van der Waals surface area contributed by atoms with Gasteiger partial charge in [0.2, 0.25) is 0 Å². The maximum Gasteiger partial charge on any atom is 0.261 e. The van der Waals surface area contributed by atoms with Crippen LogP contribution in [0.3, 0.4) is 0 Å². The van der Waals surface area contributed by atoms with Crippen molar-refractivity contribution in [2.24, 2.45) is 0 Å². The van der Waals surface area contributed by atoms with Gasteiger partial charge >= 0.3 is 0 Å². The van der Waals surface area contributed by atoms with E-state index in [1.54, 1.807) is 13.0 Å². The van der Waals surface area contributed by atoms with Gasteiger partial charge in [-0.15, -0.1) is 0 Å². The zero-order valence-corrected chi connectivity index (χ0v) is 14.7. The summed E-state index contributed by atoms with van der Waals surface area (Å²) in [7, 11) is -2.43. The molecule has 0 radical (unpaired) electrons. The minimum atomic E-state index is -3.95. The van der Waals surface area contributed by atoms with Crippen molar-refractivity contribution in [3.05, 3.63) is 59.4 Å². The van der Waals surface area contributed by atoms with Crippen LogP contribution in [-0.2, 0) is 14.8 Å². The Hall–Kier alpha value is -2.45. The molecule has 2 rings (SSSR count). The highest BCUT2D eigenvalue weighted by Gasteiger charge is 2.18. The van der Waals surface area contributed by atoms with E-state index in [0.717, 1.165) is 6.07 Å². The van der Waals surface area contributed by atoms with Gasteiger partial charge in [0.1, 0.15) is 5.82 Å². The summed E-state index contributed by atoms with van der Waals surface area (Å²) in [5.41, 5.74) is 0.990. The Labute approximate surface area is 146 Å². The highest BCUT2D eigenvalue weighted by molar-refractivity contribution is 7.92. The topological polar surface area (TPSA) is 84.5 Å². The number of hydrogen-bond acceptors (Lipinski definition) is 4. The van der Waals surface area contributed by atoms with E-state index in [0.29, 0.717) is 18.7 Å². The van der Waals surface area contributed by atoms with E-state index in [1.807, 2.05) is 0 Å². The molecule has 0 bridgehead atoms. The van der Waals surface area contributed by atoms with Crippen LogP contribution in [0.4, 0.5) is 10.1 Å². The molecular weight excluding hydrogens is 347 g/mol. The number of methoxy groups -OCH3 is 1. The molecule has 2 N–H and O–H groups in total. The lowest BCUT2D eigenvalue weighted by atomic mass is 10.1. The van der Waals surface area contributed by atoms with E-state index in [4.69, 9.17) is 4.74 Å². The lowest BCUT2D eigenvalue weighted by Gasteiger charge is -2.12. The van der Waals surface area contributed by atoms with E-state index in [1.165, 1.54) is 37.4 Å². The highest BCUT2D eigenvalue weighted by Crippen LogP contribution is 2.20. The van der Waals surface area contributed by atoms with Crippen LogP contribution in [-0.4, -0.2) is 34.6 Å². The Kier molecular flexibility index (Phi) is 6.11. The van der Waals surface area contributed by atoms with E-state index < -0.39 is 21.7 Å². The van der Waals surface area contributed by atoms with Crippen LogP contribution in [0.25, 0.3) is 0 Å². The fourth-order valence-electron chi connectivity index (χ4n) is 2.14. The molecule has 0 heterocycles. The third-order valence-corrected chi connectivity index (χ3v) is 4.81. The lowest BCUT2D eigenvalue weighted by molar-refractivity contribution is 0.0936. The summed E-state index contributed by atoms with van der Waals surface area (Å²) in [4.78, 5) is 12.1. The molecule has 25 heavy (non-hydrogen) atoms. The first-order valence-corrected chi connectivity index (χ1v) is 8.98. The Bertz CT molecular complexity index is 869. The fraction of sp³-hybridized carbons (Fsp3) is 0.235. The third-order valence-electron chi connectivity index (χ3n) is 3.43. The SMILES string of the molecule is COCCNC(=O)c1cc(S(=O)(=O)Nc2cccc(F)c2)ccc1C. The number of carbonyl (C=O) groups excluding carboxylic acids is 1. The molecule has 0 aliphatic rings. The highest BCUT2D eigenvalue weighted by atomic mass is 32.2. The van der Waals surface area contributed by atoms with Crippen molar-refractivity contribution in [2.45, 2.75) is 11.8 Å². The normalized spacial score (nSPS) is 11.2. The summed E-state index contributed by atoms with van der Waals surface area (Å²) in [6.45, 7) is 2.37. The summed E-state index contributed by atoms with van der Waals surface area (Å²) < 4.78 is 45.3. The summed E-state index contributed by atoms with van der Waals surface area (Å²) in [6.07, 6.45) is 0. The van der Waals surface area contributed by atoms with Crippen LogP contribution >= 0.6 is 0 Å². The Morgan fingerprint density at radius 1 is 1.20 bits per heavy atom. The minimum Gasteiger partial charge on any atom is -0.383 e. The standard InChI is InChI=1S/C17H19FN2O4S/c1-12-6-7-15(11-16(12)17(21)19-8-9-24-2)25(22,23)20-14-5-3-4-13(18)10-14/h3-7,10-11,20H,8-9H2,1-2H3,(H,19,21). The van der Waals surface area contributed by atoms with Crippen molar-refractivity contribution in [3.8, 4) is 0 Å². The first-order chi connectivity index (χ1) is 11.8. The van der Waals surface area contributed by atoms with Crippen LogP contribution < -0.4 is 10.0 Å². The Morgan fingerprint density at radius 3 is 2.64 bits per heavy atom. The van der Waals surface area contributed by atoms with Gasteiger partial charge in [-0.1, -0.05) is 12.1 Å². The maximum absolute atomic E-state index is 13.2. The second kappa shape index (κ2) is 8.09. The molecule has 0 aliphatic carbocycles. The van der Waals surface area contributed by atoms with Gasteiger partial charge in [0.15, 0.2) is 0 Å². The van der Waals surface area contributed by atoms with Crippen LogP contribution in [0.1, 0.15) is 15.9 Å². The maximum atomic E-state index is 13.2. The lowest BCUT2D eigenvalue weighted by Crippen LogP contribution is -2.28. The monoisotopic (exact) mass is 366 g/mol. The van der Waals surface area contributed by atoms with Gasteiger partial charge < -0.3 is 10.1 Å². The summed E-state index contributed by atoms with van der Waals surface area (Å²) in [5, 5.41) is 2.65. The van der Waals surface area contributed by atoms with Crippen LogP contribution in [0.5, 0.6) is 0 Å². The zero-order valence-electron chi connectivity index (χ0n) is 13.9. The number of amides is 1. The number of ether oxygens (including phenoxy) is 1. The molecular formula is C17H19FN2O4S. The summed E-state index contributed by atoms with van der Waals surface area (Å²) >= 11 is 0. The first-order valence-electron chi connectivity index (χ1n) is 7.49. The number of aryl methyl sites for hydroxylation is 1. The molecule has 0 fully saturated rings. The minimum absolute atomic E-state index is 0.0840. The van der Waals surface area contributed by atoms with Crippen molar-refractivity contribution in [3.63, 3.8) is 0 Å². The molecule has 0 aromatic heterocycles. The average Bonchev–Trinajstić information content (AvgIpc) is 2.54. The number of hydrogen-bond donors (Lipinski definition) is 2. The van der Waals surface area contributed by atoms with E-state index in [2.05, 4.69) is 10.0 Å². The second-order valence-corrected chi connectivity index (χ2v) is 7.02. The number of rotatable bonds is 7. The predicted molar refractivity (Wildman–Crippen MR) is 92.6 cm³/mol. The van der Waals surface area contributed by atoms with Gasteiger partial charge in [-0.2, -0.15) is 0 Å². The van der Waals surface area contributed by atoms with Gasteiger partial charge in [0.25, 0.3) is 15.9 Å². The smallest absolute Gasteiger partial charge is 0.261 e. The molecule has 1 amide bonds. The van der Waals surface area contributed by atoms with E-state index in [9.17, 15) is 17.6 Å². The molecule has 134 valence electrons. The number of nitrogens with one attached hydrogen (secondary N) is 2. The largest absolute Gasteiger partial charge is 0.383 e. The summed E-state index contributed by atoms with van der Waals surface area (Å²) in [6, 6.07) is 9.35. The molecule has 0 aliphatic heterocycles. The Morgan fingerprint density at radius 2 is 1.96 bits per heavy atom. The van der Waals surface area contributed by atoms with Crippen LogP contribution in [0.2, 0.25) is 0 Å². The van der Waals surface area contributed by atoms with Gasteiger partial charge in [-0.05, 0) is 42.8 Å². The predicted octanol–water partition coefficient (Wildman–Crippen LogP) is 2.31. The van der Waals surface area contributed by atoms with Crippen molar-refractivity contribution in [1.29, 1.82) is 0 Å². The zero-order chi connectivity index (χ0) is 18.4. The molecule has 6 nitrogen and oxygen atoms in total. The number of halogens is 1. The number of benzene rings is 2. The van der Waals surface area contributed by atoms with Gasteiger partial charge in [0.05, 0.1) is 17.2 Å². The number of sulfonamides is 1. The quantitative estimate of drug-likeness (QED) is 0.737. The van der Waals surface area contributed by atoms with Gasteiger partial charge in [0, 0.05) is 19.2 Å². The summed E-state index contributed by atoms with van der Waals surface area (Å²) in [5.74, 6) is -0.945. The number of anilines is 1. The molecule has 0 atom stereocenters. The molecule has 0 spiro atoms. The van der Waals surface area contributed by atoms with Crippen molar-refractivity contribution >= 4 is 21.6 Å². The third kappa shape index (κ3) is 5.01. The average molecular weight is 366 g/mol. The second-order valence-electron chi connectivity index (χ2n) is 5.34. The Balaban J connectivity index is 2.26.